The molecule has 1 amide bonds. The minimum absolute atomic E-state index is 0.0152. The first-order valence-electron chi connectivity index (χ1n) is 7.30. The minimum atomic E-state index is -0.0152. The van der Waals surface area contributed by atoms with Gasteiger partial charge in [-0.2, -0.15) is 5.10 Å². The molecule has 2 aromatic carbocycles. The molecule has 1 saturated carbocycles. The van der Waals surface area contributed by atoms with E-state index in [0.29, 0.717) is 5.92 Å². The Bertz CT molecular complexity index is 665. The van der Waals surface area contributed by atoms with E-state index in [0.717, 1.165) is 17.7 Å². The van der Waals surface area contributed by atoms with E-state index < -0.39 is 0 Å². The molecule has 1 fully saturated rings. The third-order valence-corrected chi connectivity index (χ3v) is 3.86. The first kappa shape index (κ1) is 14.3. The van der Waals surface area contributed by atoms with Crippen molar-refractivity contribution in [3.63, 3.8) is 0 Å². The summed E-state index contributed by atoms with van der Waals surface area (Å²) in [7, 11) is 1.63. The van der Waals surface area contributed by atoms with Gasteiger partial charge in [0.05, 0.1) is 13.3 Å². The highest BCUT2D eigenvalue weighted by Gasteiger charge is 2.43. The molecule has 0 aliphatic heterocycles. The van der Waals surface area contributed by atoms with E-state index in [1.165, 1.54) is 5.56 Å². The molecule has 1 N–H and O–H groups in total. The Morgan fingerprint density at radius 3 is 2.59 bits per heavy atom. The Hall–Kier alpha value is -2.62. The fourth-order valence-corrected chi connectivity index (χ4v) is 2.50. The third-order valence-electron chi connectivity index (χ3n) is 3.86. The second kappa shape index (κ2) is 6.43. The van der Waals surface area contributed by atoms with Crippen molar-refractivity contribution in [3.8, 4) is 5.75 Å². The number of carbonyl (C=O) groups excluding carboxylic acids is 1. The van der Waals surface area contributed by atoms with Crippen LogP contribution in [0.25, 0.3) is 0 Å². The van der Waals surface area contributed by atoms with Crippen LogP contribution in [0.15, 0.2) is 59.7 Å². The van der Waals surface area contributed by atoms with Gasteiger partial charge in [-0.25, -0.2) is 5.43 Å². The summed E-state index contributed by atoms with van der Waals surface area (Å²) in [5, 5.41) is 4.02. The SMILES string of the molecule is COc1ccc(C=NNC(=O)[C@@H]2C[C@H]2c2ccccc2)cc1. The number of amides is 1. The van der Waals surface area contributed by atoms with Crippen molar-refractivity contribution >= 4 is 12.1 Å². The standard InChI is InChI=1S/C18H18N2O2/c1-22-15-9-7-13(8-10-15)12-19-20-18(21)17-11-16(17)14-5-3-2-4-6-14/h2-10,12,16-17H,11H2,1H3,(H,20,21)/t16-,17+/m0/s1. The van der Waals surface area contributed by atoms with Crippen LogP contribution in [0.4, 0.5) is 0 Å². The molecule has 0 saturated heterocycles. The van der Waals surface area contributed by atoms with Gasteiger partial charge in [0.1, 0.15) is 5.75 Å². The second-order valence-electron chi connectivity index (χ2n) is 5.37. The van der Waals surface area contributed by atoms with Gasteiger partial charge in [-0.05, 0) is 47.7 Å². The molecule has 4 nitrogen and oxygen atoms in total. The van der Waals surface area contributed by atoms with Crippen molar-refractivity contribution in [2.75, 3.05) is 7.11 Å². The van der Waals surface area contributed by atoms with Gasteiger partial charge < -0.3 is 4.74 Å². The highest BCUT2D eigenvalue weighted by Crippen LogP contribution is 2.47. The third kappa shape index (κ3) is 3.34. The number of rotatable bonds is 5. The minimum Gasteiger partial charge on any atom is -0.497 e. The Morgan fingerprint density at radius 2 is 1.91 bits per heavy atom. The van der Waals surface area contributed by atoms with Crippen LogP contribution in [0.3, 0.4) is 0 Å². The predicted octanol–water partition coefficient (Wildman–Crippen LogP) is 2.95. The summed E-state index contributed by atoms with van der Waals surface area (Å²) in [6.45, 7) is 0. The van der Waals surface area contributed by atoms with Crippen molar-refractivity contribution < 1.29 is 9.53 Å². The van der Waals surface area contributed by atoms with Crippen molar-refractivity contribution in [2.24, 2.45) is 11.0 Å². The van der Waals surface area contributed by atoms with Crippen LogP contribution in [0.2, 0.25) is 0 Å². The summed E-state index contributed by atoms with van der Waals surface area (Å²) < 4.78 is 5.09. The van der Waals surface area contributed by atoms with Crippen molar-refractivity contribution in [1.82, 2.24) is 5.43 Å². The van der Waals surface area contributed by atoms with E-state index in [1.807, 2.05) is 42.5 Å². The zero-order valence-electron chi connectivity index (χ0n) is 12.4. The number of nitrogens with one attached hydrogen (secondary N) is 1. The van der Waals surface area contributed by atoms with Crippen LogP contribution in [-0.4, -0.2) is 19.2 Å². The van der Waals surface area contributed by atoms with Crippen LogP contribution < -0.4 is 10.2 Å². The summed E-state index contributed by atoms with van der Waals surface area (Å²) in [5.74, 6) is 1.15. The number of ether oxygens (including phenoxy) is 1. The molecule has 22 heavy (non-hydrogen) atoms. The lowest BCUT2D eigenvalue weighted by Crippen LogP contribution is -2.20. The van der Waals surface area contributed by atoms with Gasteiger partial charge in [-0.3, -0.25) is 4.79 Å². The average Bonchev–Trinajstić information content (AvgIpc) is 3.37. The van der Waals surface area contributed by atoms with Crippen LogP contribution in [0.1, 0.15) is 23.5 Å². The van der Waals surface area contributed by atoms with Crippen LogP contribution in [0.5, 0.6) is 5.75 Å². The second-order valence-corrected chi connectivity index (χ2v) is 5.37. The molecular weight excluding hydrogens is 276 g/mol. The summed E-state index contributed by atoms with van der Waals surface area (Å²) in [6.07, 6.45) is 2.53. The monoisotopic (exact) mass is 294 g/mol. The summed E-state index contributed by atoms with van der Waals surface area (Å²) >= 11 is 0. The largest absolute Gasteiger partial charge is 0.497 e. The molecule has 0 unspecified atom stereocenters. The number of methoxy groups -OCH3 is 1. The number of hydrazone groups is 1. The molecule has 0 bridgehead atoms. The maximum atomic E-state index is 12.0. The van der Waals surface area contributed by atoms with E-state index in [4.69, 9.17) is 4.74 Å². The van der Waals surface area contributed by atoms with Crippen LogP contribution in [0, 0.1) is 5.92 Å². The lowest BCUT2D eigenvalue weighted by molar-refractivity contribution is -0.122. The van der Waals surface area contributed by atoms with Gasteiger partial charge in [0.2, 0.25) is 5.91 Å². The highest BCUT2D eigenvalue weighted by atomic mass is 16.5. The molecule has 2 aromatic rings. The number of nitrogens with zero attached hydrogens (tertiary/aromatic N) is 1. The molecule has 1 aliphatic carbocycles. The Labute approximate surface area is 129 Å². The zero-order valence-corrected chi connectivity index (χ0v) is 12.4. The number of hydrogen-bond acceptors (Lipinski definition) is 3. The van der Waals surface area contributed by atoms with Crippen molar-refractivity contribution in [3.05, 3.63) is 65.7 Å². The summed E-state index contributed by atoms with van der Waals surface area (Å²) in [4.78, 5) is 12.0. The molecule has 4 heteroatoms. The number of hydrogen-bond donors (Lipinski definition) is 1. The van der Waals surface area contributed by atoms with Gasteiger partial charge in [0.25, 0.3) is 0 Å². The Kier molecular flexibility index (Phi) is 4.19. The molecule has 3 rings (SSSR count). The quantitative estimate of drug-likeness (QED) is 0.681. The van der Waals surface area contributed by atoms with Gasteiger partial charge >= 0.3 is 0 Å². The molecule has 1 aliphatic rings. The Balaban J connectivity index is 1.51. The van der Waals surface area contributed by atoms with E-state index in [1.54, 1.807) is 13.3 Å². The van der Waals surface area contributed by atoms with Gasteiger partial charge in [-0.1, -0.05) is 30.3 Å². The van der Waals surface area contributed by atoms with Crippen LogP contribution in [-0.2, 0) is 4.79 Å². The lowest BCUT2D eigenvalue weighted by atomic mass is 10.1. The van der Waals surface area contributed by atoms with Gasteiger partial charge in [0, 0.05) is 5.92 Å². The average molecular weight is 294 g/mol. The number of carbonyl (C=O) groups is 1. The lowest BCUT2D eigenvalue weighted by Gasteiger charge is -2.01. The summed E-state index contributed by atoms with van der Waals surface area (Å²) in [5.41, 5.74) is 4.76. The molecule has 2 atom stereocenters. The molecule has 112 valence electrons. The van der Waals surface area contributed by atoms with E-state index in [9.17, 15) is 4.79 Å². The summed E-state index contributed by atoms with van der Waals surface area (Å²) in [6, 6.07) is 17.6. The van der Waals surface area contributed by atoms with E-state index in [2.05, 4.69) is 22.7 Å². The molecular formula is C18H18N2O2. The molecule has 0 radical (unpaired) electrons. The van der Waals surface area contributed by atoms with Gasteiger partial charge in [0.15, 0.2) is 0 Å². The number of benzene rings is 2. The smallest absolute Gasteiger partial charge is 0.243 e. The van der Waals surface area contributed by atoms with Gasteiger partial charge in [-0.15, -0.1) is 0 Å². The first-order chi connectivity index (χ1) is 10.8. The Morgan fingerprint density at radius 1 is 1.18 bits per heavy atom. The fraction of sp³-hybridized carbons (Fsp3) is 0.222. The normalized spacial score (nSPS) is 19.9. The molecule has 0 aromatic heterocycles. The maximum absolute atomic E-state index is 12.0. The van der Waals surface area contributed by atoms with E-state index >= 15 is 0 Å². The fourth-order valence-electron chi connectivity index (χ4n) is 2.50. The predicted molar refractivity (Wildman–Crippen MR) is 86.0 cm³/mol. The molecule has 0 spiro atoms. The van der Waals surface area contributed by atoms with Crippen molar-refractivity contribution in [2.45, 2.75) is 12.3 Å². The molecule has 0 heterocycles. The topological polar surface area (TPSA) is 50.7 Å². The zero-order chi connectivity index (χ0) is 15.4. The van der Waals surface area contributed by atoms with Crippen molar-refractivity contribution in [1.29, 1.82) is 0 Å². The first-order valence-corrected chi connectivity index (χ1v) is 7.30. The van der Waals surface area contributed by atoms with E-state index in [-0.39, 0.29) is 11.8 Å². The highest BCUT2D eigenvalue weighted by molar-refractivity contribution is 5.85. The van der Waals surface area contributed by atoms with Crippen LogP contribution >= 0.6 is 0 Å². The maximum Gasteiger partial charge on any atom is 0.243 e.